The van der Waals surface area contributed by atoms with Crippen LogP contribution in [0.3, 0.4) is 0 Å². The summed E-state index contributed by atoms with van der Waals surface area (Å²) in [6.07, 6.45) is 3.14. The van der Waals surface area contributed by atoms with E-state index in [-0.39, 0.29) is 40.8 Å². The van der Waals surface area contributed by atoms with Crippen LogP contribution in [-0.4, -0.2) is 49.9 Å². The Morgan fingerprint density at radius 1 is 1.28 bits per heavy atom. The fraction of sp³-hybridized carbons (Fsp3) is 0.417. The Balaban J connectivity index is 1.42. The number of hydrogen-bond donors (Lipinski definition) is 1. The van der Waals surface area contributed by atoms with E-state index in [1.165, 1.54) is 30.2 Å². The van der Waals surface area contributed by atoms with Gasteiger partial charge in [-0.2, -0.15) is 0 Å². The minimum atomic E-state index is -3.63. The minimum Gasteiger partial charge on any atom is -0.347 e. The molecule has 36 heavy (non-hydrogen) atoms. The number of rotatable bonds is 7. The zero-order valence-electron chi connectivity index (χ0n) is 19.1. The summed E-state index contributed by atoms with van der Waals surface area (Å²) in [4.78, 5) is 32.3. The van der Waals surface area contributed by atoms with Crippen LogP contribution in [0.2, 0.25) is 5.02 Å². The standard InChI is InChI=1S/C24H23ClF2IN3O4S/c1-3-36(34,35)20-8-13(6-7-29-20)24(33)31-19(11-18-22(31)28(18)2)23(32)30-21(12-4-5-12)14-9-17(27)15(25)10-16(14)26/h2,6-10,12,18-19,21-22H,3-5,11H2,1H3,(H,30,32)/t18-,19-,21-,22+/m1/s1. The van der Waals surface area contributed by atoms with Gasteiger partial charge in [0, 0.05) is 21.2 Å². The molecule has 0 spiro atoms. The van der Waals surface area contributed by atoms with Crippen molar-refractivity contribution in [1.82, 2.24) is 15.2 Å². The fourth-order valence-corrected chi connectivity index (χ4v) is 11.1. The smallest absolute Gasteiger partial charge is 0.255 e. The Morgan fingerprint density at radius 3 is 2.67 bits per heavy atom. The van der Waals surface area contributed by atoms with Crippen LogP contribution in [-0.2, 0) is 14.6 Å². The molecule has 1 aromatic heterocycles. The molecule has 2 aromatic rings. The zero-order valence-corrected chi connectivity index (χ0v) is 22.9. The van der Waals surface area contributed by atoms with Gasteiger partial charge < -0.3 is 10.2 Å². The van der Waals surface area contributed by atoms with Gasteiger partial charge >= 0.3 is 0 Å². The molecular weight excluding hydrogens is 627 g/mol. The van der Waals surface area contributed by atoms with E-state index >= 15 is 0 Å². The number of aromatic nitrogens is 1. The van der Waals surface area contributed by atoms with Gasteiger partial charge in [-0.05, 0) is 49.4 Å². The predicted octanol–water partition coefficient (Wildman–Crippen LogP) is 4.09. The quantitative estimate of drug-likeness (QED) is 0.211. The third-order valence-electron chi connectivity index (χ3n) is 6.85. The molecule has 5 rings (SSSR count). The molecule has 2 amide bonds. The number of pyridine rings is 1. The van der Waals surface area contributed by atoms with Gasteiger partial charge in [-0.15, -0.1) is 23.5 Å². The van der Waals surface area contributed by atoms with Crippen molar-refractivity contribution < 1.29 is 26.8 Å². The summed E-state index contributed by atoms with van der Waals surface area (Å²) in [5, 5.41) is 2.30. The lowest BCUT2D eigenvalue weighted by molar-refractivity contribution is -0.125. The second-order valence-corrected chi connectivity index (χ2v) is 16.8. The highest BCUT2D eigenvalue weighted by atomic mass is 127. The van der Waals surface area contributed by atoms with Crippen LogP contribution in [0.25, 0.3) is 0 Å². The Kier molecular flexibility index (Phi) is 6.63. The monoisotopic (exact) mass is 649 g/mol. The van der Waals surface area contributed by atoms with Crippen molar-refractivity contribution in [3.8, 4) is 4.31 Å². The van der Waals surface area contributed by atoms with Gasteiger partial charge in [0.2, 0.25) is 5.91 Å². The molecule has 0 unspecified atom stereocenters. The normalized spacial score (nSPS) is 24.3. The Labute approximate surface area is 219 Å². The average molecular weight is 650 g/mol. The van der Waals surface area contributed by atoms with Crippen LogP contribution in [0.5, 0.6) is 0 Å². The first kappa shape index (κ1) is 25.6. The van der Waals surface area contributed by atoms with Crippen molar-refractivity contribution in [1.29, 1.82) is 0 Å². The van der Waals surface area contributed by atoms with Crippen LogP contribution in [0.1, 0.15) is 48.1 Å². The Hall–Kier alpha value is -2.08. The Morgan fingerprint density at radius 2 is 2.00 bits per heavy atom. The van der Waals surface area contributed by atoms with E-state index < -0.39 is 64.5 Å². The summed E-state index contributed by atoms with van der Waals surface area (Å²) in [5.41, 5.74) is 0.126. The van der Waals surface area contributed by atoms with Crippen molar-refractivity contribution in [2.45, 2.75) is 51.3 Å². The van der Waals surface area contributed by atoms with Crippen LogP contribution in [0.4, 0.5) is 8.78 Å². The molecule has 2 aliphatic heterocycles. The van der Waals surface area contributed by atoms with Crippen LogP contribution >= 0.6 is 30.7 Å². The third kappa shape index (κ3) is 4.55. The number of benzene rings is 1. The molecule has 12 heteroatoms. The van der Waals surface area contributed by atoms with E-state index in [1.54, 1.807) is 0 Å². The largest absolute Gasteiger partial charge is 0.347 e. The maximum atomic E-state index is 14.7. The Bertz CT molecular complexity index is 1460. The summed E-state index contributed by atoms with van der Waals surface area (Å²) >= 11 is 3.77. The van der Waals surface area contributed by atoms with E-state index in [0.29, 0.717) is 6.42 Å². The molecule has 3 heterocycles. The van der Waals surface area contributed by atoms with Gasteiger partial charge in [-0.1, -0.05) is 18.5 Å². The van der Waals surface area contributed by atoms with Gasteiger partial charge in [-0.3, -0.25) is 9.59 Å². The predicted molar refractivity (Wildman–Crippen MR) is 138 cm³/mol. The number of nitrogens with zero attached hydrogens (tertiary/aromatic N) is 2. The van der Waals surface area contributed by atoms with Gasteiger partial charge in [0.25, 0.3) is 5.91 Å². The average Bonchev–Trinajstić information content (AvgIpc) is 3.76. The first-order valence-electron chi connectivity index (χ1n) is 11.4. The second-order valence-electron chi connectivity index (χ2n) is 9.13. The molecule has 1 N–H and O–H groups in total. The topological polar surface area (TPSA) is 96.4 Å². The van der Waals surface area contributed by atoms with Crippen LogP contribution < -0.4 is 5.32 Å². The minimum absolute atomic E-state index is 0.0182. The van der Waals surface area contributed by atoms with E-state index in [0.717, 1.165) is 25.0 Å². The van der Waals surface area contributed by atoms with Gasteiger partial charge in [0.15, 0.2) is 14.9 Å². The first-order valence-corrected chi connectivity index (χ1v) is 17.2. The molecule has 3 aliphatic rings. The lowest BCUT2D eigenvalue weighted by Gasteiger charge is -2.29. The fourth-order valence-electron chi connectivity index (χ4n) is 4.65. The molecule has 7 nitrogen and oxygen atoms in total. The summed E-state index contributed by atoms with van der Waals surface area (Å²) in [5.74, 6) is -2.67. The third-order valence-corrected chi connectivity index (χ3v) is 13.9. The molecule has 3 fully saturated rings. The molecular formula is C24H23ClF2IN3O4S. The molecule has 4 atom stereocenters. The van der Waals surface area contributed by atoms with Crippen molar-refractivity contribution in [2.24, 2.45) is 5.92 Å². The maximum Gasteiger partial charge on any atom is 0.255 e. The van der Waals surface area contributed by atoms with Crippen molar-refractivity contribution >= 4 is 52.4 Å². The number of likely N-dealkylation sites (tertiary alicyclic amines) is 1. The van der Waals surface area contributed by atoms with Gasteiger partial charge in [-0.25, -0.2) is 22.2 Å². The SMILES string of the molecule is C#I1[C@@H]2C[C@H](C(=O)N[C@@H](c3cc(F)c(Cl)cc3F)C3CC3)N(C(=O)c3ccnc(S(=O)(=O)CC)c3)[C@@H]21. The van der Waals surface area contributed by atoms with Crippen LogP contribution in [0.15, 0.2) is 35.5 Å². The number of carbonyl (C=O) groups excluding carboxylic acids is 2. The lowest BCUT2D eigenvalue weighted by atomic mass is 10.0. The molecule has 1 saturated carbocycles. The highest BCUT2D eigenvalue weighted by molar-refractivity contribution is 14.2. The van der Waals surface area contributed by atoms with E-state index in [9.17, 15) is 26.8 Å². The molecule has 0 bridgehead atoms. The summed E-state index contributed by atoms with van der Waals surface area (Å²) in [7, 11) is -3.63. The zero-order chi connectivity index (χ0) is 25.9. The van der Waals surface area contributed by atoms with Crippen LogP contribution in [0, 0.1) is 21.9 Å². The number of carbonyl (C=O) groups is 2. The number of alkyl halides is 2. The maximum absolute atomic E-state index is 14.7. The molecule has 2 saturated heterocycles. The van der Waals surface area contributed by atoms with Crippen molar-refractivity contribution in [2.75, 3.05) is 5.75 Å². The highest BCUT2D eigenvalue weighted by Gasteiger charge is 2.59. The highest BCUT2D eigenvalue weighted by Crippen LogP contribution is 2.64. The van der Waals surface area contributed by atoms with Gasteiger partial charge in [0.1, 0.15) is 17.7 Å². The molecule has 0 radical (unpaired) electrons. The second kappa shape index (κ2) is 9.34. The summed E-state index contributed by atoms with van der Waals surface area (Å²) in [6.45, 7) is 1.48. The van der Waals surface area contributed by atoms with E-state index in [4.69, 9.17) is 15.9 Å². The van der Waals surface area contributed by atoms with E-state index in [2.05, 4.69) is 10.3 Å². The number of sulfone groups is 1. The first-order chi connectivity index (χ1) is 17.0. The lowest BCUT2D eigenvalue weighted by Crippen LogP contribution is -2.48. The number of nitrogens with one attached hydrogen (secondary N) is 1. The molecule has 192 valence electrons. The van der Waals surface area contributed by atoms with Crippen molar-refractivity contribution in [3.05, 3.63) is 58.2 Å². The summed E-state index contributed by atoms with van der Waals surface area (Å²) in [6, 6.07) is 2.94. The van der Waals surface area contributed by atoms with Crippen molar-refractivity contribution in [3.63, 3.8) is 0 Å². The molecule has 1 aliphatic carbocycles. The number of fused-ring (bicyclic) bond motifs is 1. The number of hydrogen-bond acceptors (Lipinski definition) is 5. The summed E-state index contributed by atoms with van der Waals surface area (Å²) < 4.78 is 59.5. The molecule has 1 aromatic carbocycles. The number of amides is 2. The number of halogens is 4. The van der Waals surface area contributed by atoms with Gasteiger partial charge in [0.05, 0.1) is 20.9 Å². The van der Waals surface area contributed by atoms with E-state index in [1.807, 2.05) is 0 Å².